The number of fused-ring (bicyclic) bond motifs is 6. The van der Waals surface area contributed by atoms with E-state index in [9.17, 15) is 14.7 Å². The van der Waals surface area contributed by atoms with Crippen LogP contribution in [0.1, 0.15) is 87.6 Å². The molecule has 4 atom stereocenters. The van der Waals surface area contributed by atoms with Crippen molar-refractivity contribution in [3.05, 3.63) is 41.5 Å². The fourth-order valence-corrected chi connectivity index (χ4v) is 15.4. The molecule has 2 aromatic carbocycles. The van der Waals surface area contributed by atoms with Gasteiger partial charge in [0.1, 0.15) is 42.2 Å². The Morgan fingerprint density at radius 2 is 1.72 bits per heavy atom. The van der Waals surface area contributed by atoms with Gasteiger partial charge in [0.25, 0.3) is 0 Å². The Labute approximate surface area is 343 Å². The third-order valence-corrected chi connectivity index (χ3v) is 19.0. The van der Waals surface area contributed by atoms with Crippen molar-refractivity contribution in [1.29, 1.82) is 0 Å². The van der Waals surface area contributed by atoms with Crippen molar-refractivity contribution < 1.29 is 33.0 Å². The largest absolute Gasteiger partial charge is 0.472 e. The fourth-order valence-electron chi connectivity index (χ4n) is 9.84. The van der Waals surface area contributed by atoms with Gasteiger partial charge in [0.2, 0.25) is 5.88 Å². The molecule has 2 bridgehead atoms. The molecule has 0 saturated carbocycles. The van der Waals surface area contributed by atoms with E-state index in [1.807, 2.05) is 11.8 Å². The molecule has 11 nitrogen and oxygen atoms in total. The maximum atomic E-state index is 17.7. The first kappa shape index (κ1) is 41.5. The van der Waals surface area contributed by atoms with Gasteiger partial charge in [0.15, 0.2) is 16.8 Å². The van der Waals surface area contributed by atoms with E-state index in [4.69, 9.17) is 19.4 Å². The molecule has 7 rings (SSSR count). The van der Waals surface area contributed by atoms with Gasteiger partial charge in [0, 0.05) is 28.4 Å². The lowest BCUT2D eigenvalue weighted by atomic mass is 9.95. The van der Waals surface area contributed by atoms with Crippen molar-refractivity contribution in [3.63, 3.8) is 0 Å². The number of carbonyl (C=O) groups excluding carboxylic acids is 1. The summed E-state index contributed by atoms with van der Waals surface area (Å²) >= 11 is 1.25. The average Bonchev–Trinajstić information content (AvgIpc) is 3.39. The van der Waals surface area contributed by atoms with Crippen LogP contribution in [0, 0.1) is 23.1 Å². The second-order valence-corrected chi connectivity index (χ2v) is 23.9. The van der Waals surface area contributed by atoms with Gasteiger partial charge >= 0.3 is 12.2 Å². The van der Waals surface area contributed by atoms with Crippen LogP contribution in [0.15, 0.2) is 29.4 Å². The first-order valence-electron chi connectivity index (χ1n) is 20.0. The molecule has 3 aliphatic rings. The molecular weight excluding hydrogens is 779 g/mol. The van der Waals surface area contributed by atoms with E-state index in [2.05, 4.69) is 63.3 Å². The highest BCUT2D eigenvalue weighted by Gasteiger charge is 2.53. The lowest BCUT2D eigenvalue weighted by Crippen LogP contribution is -2.64. The van der Waals surface area contributed by atoms with Crippen LogP contribution in [-0.2, 0) is 4.74 Å². The number of rotatable bonds is 6. The number of halogens is 2. The molecule has 2 saturated heterocycles. The molecule has 3 aliphatic heterocycles. The molecule has 2 N–H and O–H groups in total. The predicted molar refractivity (Wildman–Crippen MR) is 228 cm³/mol. The number of amides is 2. The molecule has 0 aliphatic carbocycles. The van der Waals surface area contributed by atoms with Crippen molar-refractivity contribution in [2.45, 2.75) is 134 Å². The van der Waals surface area contributed by atoms with Gasteiger partial charge in [-0.05, 0) is 75.5 Å². The maximum Gasteiger partial charge on any atom is 0.412 e. The molecule has 2 fully saturated rings. The molecule has 4 unspecified atom stereocenters. The zero-order valence-electron chi connectivity index (χ0n) is 35.0. The third-order valence-electron chi connectivity index (χ3n) is 12.1. The van der Waals surface area contributed by atoms with Gasteiger partial charge in [0.05, 0.1) is 23.8 Å². The zero-order chi connectivity index (χ0) is 42.2. The summed E-state index contributed by atoms with van der Waals surface area (Å²) in [4.78, 5) is 43.6. The molecule has 2 aromatic heterocycles. The molecule has 58 heavy (non-hydrogen) atoms. The van der Waals surface area contributed by atoms with E-state index in [-0.39, 0.29) is 51.2 Å². The molecule has 0 spiro atoms. The number of anilines is 2. The number of ether oxygens (including phenoxy) is 2. The topological polar surface area (TPSA) is 130 Å². The normalized spacial score (nSPS) is 20.3. The summed E-state index contributed by atoms with van der Waals surface area (Å²) in [7, 11) is -2.28. The van der Waals surface area contributed by atoms with Crippen LogP contribution in [0.4, 0.5) is 29.9 Å². The fraction of sp³-hybridized carbons (Fsp3) is 0.512. The summed E-state index contributed by atoms with van der Waals surface area (Å²) in [5.41, 5.74) is 4.06. The van der Waals surface area contributed by atoms with Gasteiger partial charge in [-0.15, -0.1) is 5.54 Å². The molecular formula is C43H52F2N6O5SSi. The van der Waals surface area contributed by atoms with Crippen LogP contribution >= 0.6 is 11.8 Å². The van der Waals surface area contributed by atoms with Crippen molar-refractivity contribution in [3.8, 4) is 28.6 Å². The lowest BCUT2D eigenvalue weighted by molar-refractivity contribution is 0.0633. The van der Waals surface area contributed by atoms with Gasteiger partial charge in [-0.3, -0.25) is 10.2 Å². The van der Waals surface area contributed by atoms with Crippen molar-refractivity contribution in [2.75, 3.05) is 23.0 Å². The van der Waals surface area contributed by atoms with Crippen LogP contribution < -0.4 is 15.0 Å². The number of thioether (sulfide) groups is 1. The number of nitrogens with one attached hydrogen (secondary N) is 1. The summed E-state index contributed by atoms with van der Waals surface area (Å²) in [6.45, 7) is 20.6. The Kier molecular flexibility index (Phi) is 10.8. The van der Waals surface area contributed by atoms with E-state index >= 15 is 8.78 Å². The number of benzene rings is 2. The highest BCUT2D eigenvalue weighted by atomic mass is 32.2. The molecule has 0 radical (unpaired) electrons. The van der Waals surface area contributed by atoms with Crippen molar-refractivity contribution in [1.82, 2.24) is 19.9 Å². The van der Waals surface area contributed by atoms with Crippen LogP contribution in [0.3, 0.4) is 0 Å². The number of nitrogens with zero attached hydrogens (tertiary/aromatic N) is 5. The quantitative estimate of drug-likeness (QED) is 0.0838. The summed E-state index contributed by atoms with van der Waals surface area (Å²) < 4.78 is 46.6. The zero-order valence-corrected chi connectivity index (χ0v) is 36.8. The summed E-state index contributed by atoms with van der Waals surface area (Å²) in [6, 6.07) is 5.38. The van der Waals surface area contributed by atoms with Gasteiger partial charge in [-0.1, -0.05) is 71.4 Å². The number of piperazine rings is 1. The molecule has 2 amide bonds. The lowest BCUT2D eigenvalue weighted by Gasteiger charge is -2.47. The standard InChI is InChI=1S/C43H52F2N6O5SSi/c1-21(2)58(22(3)4,23(5)6)18-17-25-13-12-14-27-31(25)28(19-29(33(27)44)46-41(52)56-43(8,9)10)35-34(45)36-32-38(49-40(48-36)57-11)50-20-26-15-16-30(51(26)42(53)54)37(50)24(7)55-39(32)47-35/h12-14,19,21-24,26,30,37H,15-16,20H2,1-11H3,(H,46,52)(H,53,54). The highest BCUT2D eigenvalue weighted by molar-refractivity contribution is 7.98. The number of pyridine rings is 1. The number of carboxylic acid groups (broad SMARTS) is 1. The highest BCUT2D eigenvalue weighted by Crippen LogP contribution is 2.48. The number of hydrogen-bond donors (Lipinski definition) is 2. The minimum absolute atomic E-state index is 0.0382. The minimum atomic E-state index is -2.28. The second-order valence-electron chi connectivity index (χ2n) is 17.6. The van der Waals surface area contributed by atoms with Crippen LogP contribution in [0.5, 0.6) is 5.88 Å². The maximum absolute atomic E-state index is 17.7. The Balaban J connectivity index is 1.52. The smallest absolute Gasteiger partial charge is 0.412 e. The second kappa shape index (κ2) is 15.2. The third kappa shape index (κ3) is 6.89. The number of aromatic nitrogens is 3. The van der Waals surface area contributed by atoms with Crippen LogP contribution in [0.2, 0.25) is 16.6 Å². The van der Waals surface area contributed by atoms with E-state index in [1.54, 1.807) is 45.2 Å². The first-order valence-corrected chi connectivity index (χ1v) is 23.4. The Hall–Kier alpha value is -4.68. The number of carbonyl (C=O) groups is 2. The van der Waals surface area contributed by atoms with E-state index in [1.165, 1.54) is 22.7 Å². The first-order chi connectivity index (χ1) is 27.3. The van der Waals surface area contributed by atoms with Crippen LogP contribution in [0.25, 0.3) is 32.9 Å². The summed E-state index contributed by atoms with van der Waals surface area (Å²) in [5, 5.41) is 13.8. The van der Waals surface area contributed by atoms with E-state index in [0.717, 1.165) is 0 Å². The SMILES string of the molecule is CSc1nc2c3c(nc(-c4cc(NC(=O)OC(C)(C)C)c(F)c5cccc(C#C[Si](C(C)C)(C(C)C)C(C)C)c45)c(F)c3n1)OC(C)C1C3CCC(CN21)N3C(=O)O. The predicted octanol–water partition coefficient (Wildman–Crippen LogP) is 10.2. The Morgan fingerprint density at radius 1 is 1.03 bits per heavy atom. The Bertz CT molecular complexity index is 2370. The van der Waals surface area contributed by atoms with E-state index < -0.39 is 49.6 Å². The summed E-state index contributed by atoms with van der Waals surface area (Å²) in [6.07, 6.45) is 0.675. The molecule has 4 aromatic rings. The molecule has 15 heteroatoms. The minimum Gasteiger partial charge on any atom is -0.472 e. The van der Waals surface area contributed by atoms with Crippen molar-refractivity contribution in [2.24, 2.45) is 0 Å². The average molecular weight is 831 g/mol. The molecule has 5 heterocycles. The van der Waals surface area contributed by atoms with Gasteiger partial charge in [-0.2, -0.15) is 0 Å². The van der Waals surface area contributed by atoms with E-state index in [0.29, 0.717) is 57.9 Å². The monoisotopic (exact) mass is 830 g/mol. The Morgan fingerprint density at radius 3 is 2.34 bits per heavy atom. The van der Waals surface area contributed by atoms with Crippen LogP contribution in [-0.4, -0.2) is 87.8 Å². The summed E-state index contributed by atoms with van der Waals surface area (Å²) in [5.74, 6) is 2.45. The van der Waals surface area contributed by atoms with Crippen molar-refractivity contribution >= 4 is 65.2 Å². The van der Waals surface area contributed by atoms with Gasteiger partial charge in [-0.25, -0.2) is 33.3 Å². The number of hydrogen-bond acceptors (Lipinski definition) is 9. The molecule has 308 valence electrons. The van der Waals surface area contributed by atoms with Gasteiger partial charge < -0.3 is 19.5 Å².